The summed E-state index contributed by atoms with van der Waals surface area (Å²) < 4.78 is 0. The Morgan fingerprint density at radius 3 is 2.20 bits per heavy atom. The molecule has 35 heavy (non-hydrogen) atoms. The fourth-order valence-corrected chi connectivity index (χ4v) is 4.14. The number of piperidine rings is 1. The minimum absolute atomic E-state index is 0.0419. The fourth-order valence-electron chi connectivity index (χ4n) is 4.14. The zero-order chi connectivity index (χ0) is 24.6. The van der Waals surface area contributed by atoms with E-state index >= 15 is 0 Å². The Bertz CT molecular complexity index is 1160. The molecule has 180 valence electrons. The highest BCUT2D eigenvalue weighted by Gasteiger charge is 2.25. The molecule has 0 spiro atoms. The van der Waals surface area contributed by atoms with Crippen molar-refractivity contribution < 1.29 is 14.4 Å². The Kier molecular flexibility index (Phi) is 7.77. The molecule has 0 radical (unpaired) electrons. The van der Waals surface area contributed by atoms with Crippen molar-refractivity contribution >= 4 is 29.2 Å². The van der Waals surface area contributed by atoms with Gasteiger partial charge in [-0.2, -0.15) is 0 Å². The number of aryl methyl sites for hydroxylation is 1. The van der Waals surface area contributed by atoms with Crippen LogP contribution in [0.3, 0.4) is 0 Å². The van der Waals surface area contributed by atoms with E-state index < -0.39 is 0 Å². The van der Waals surface area contributed by atoms with Gasteiger partial charge in [0, 0.05) is 42.1 Å². The highest BCUT2D eigenvalue weighted by atomic mass is 16.2. The summed E-state index contributed by atoms with van der Waals surface area (Å²) in [5.41, 5.74) is 3.67. The lowest BCUT2D eigenvalue weighted by Crippen LogP contribution is -2.44. The molecule has 1 heterocycles. The second-order valence-corrected chi connectivity index (χ2v) is 8.86. The molecule has 1 fully saturated rings. The summed E-state index contributed by atoms with van der Waals surface area (Å²) in [7, 11) is 0. The molecule has 1 saturated heterocycles. The Labute approximate surface area is 205 Å². The van der Waals surface area contributed by atoms with Crippen LogP contribution in [0.15, 0.2) is 78.9 Å². The van der Waals surface area contributed by atoms with Crippen molar-refractivity contribution in [2.75, 3.05) is 30.3 Å². The van der Waals surface area contributed by atoms with Crippen molar-refractivity contribution in [2.24, 2.45) is 5.92 Å². The maximum absolute atomic E-state index is 13.0. The molecule has 4 amide bonds. The van der Waals surface area contributed by atoms with E-state index in [-0.39, 0.29) is 23.8 Å². The molecule has 7 nitrogen and oxygen atoms in total. The molecule has 0 aromatic heterocycles. The number of likely N-dealkylation sites (tertiary alicyclic amines) is 1. The lowest BCUT2D eigenvalue weighted by atomic mass is 9.97. The minimum atomic E-state index is -0.245. The summed E-state index contributed by atoms with van der Waals surface area (Å²) in [6, 6.07) is 23.3. The number of urea groups is 1. The number of amides is 4. The van der Waals surface area contributed by atoms with E-state index in [0.717, 1.165) is 24.1 Å². The van der Waals surface area contributed by atoms with E-state index in [1.165, 1.54) is 0 Å². The Hall–Kier alpha value is -4.13. The van der Waals surface area contributed by atoms with Crippen LogP contribution in [0, 0.1) is 12.8 Å². The Balaban J connectivity index is 1.27. The Morgan fingerprint density at radius 1 is 0.829 bits per heavy atom. The van der Waals surface area contributed by atoms with Gasteiger partial charge in [0.1, 0.15) is 0 Å². The van der Waals surface area contributed by atoms with Crippen molar-refractivity contribution in [3.05, 3.63) is 95.6 Å². The fraction of sp³-hybridized carbons (Fsp3) is 0.250. The third-order valence-electron chi connectivity index (χ3n) is 6.09. The van der Waals surface area contributed by atoms with Gasteiger partial charge in [-0.25, -0.2) is 4.79 Å². The number of benzene rings is 3. The van der Waals surface area contributed by atoms with Crippen molar-refractivity contribution in [1.82, 2.24) is 10.2 Å². The van der Waals surface area contributed by atoms with Gasteiger partial charge in [-0.05, 0) is 74.2 Å². The molecule has 3 N–H and O–H groups in total. The van der Waals surface area contributed by atoms with Gasteiger partial charge >= 0.3 is 6.03 Å². The lowest BCUT2D eigenvalue weighted by Gasteiger charge is -2.33. The number of rotatable bonds is 6. The van der Waals surface area contributed by atoms with Crippen LogP contribution in [0.4, 0.5) is 16.2 Å². The first-order chi connectivity index (χ1) is 17.0. The number of carbonyl (C=O) groups is 3. The standard InChI is InChI=1S/C28H30N4O3/c1-20-9-13-25(14-10-20)31-28(35)29-18-21-6-5-17-32(19-21)27(34)23-11-15-24(16-12-23)30-26(33)22-7-3-2-4-8-22/h2-4,7-16,21H,5-6,17-19H2,1H3,(H,30,33)(H2,29,31,35). The monoisotopic (exact) mass is 470 g/mol. The van der Waals surface area contributed by atoms with E-state index in [2.05, 4.69) is 16.0 Å². The smallest absolute Gasteiger partial charge is 0.319 e. The van der Waals surface area contributed by atoms with E-state index in [0.29, 0.717) is 36.4 Å². The minimum Gasteiger partial charge on any atom is -0.338 e. The summed E-state index contributed by atoms with van der Waals surface area (Å²) >= 11 is 0. The van der Waals surface area contributed by atoms with Gasteiger partial charge in [0.05, 0.1) is 0 Å². The molecule has 1 unspecified atom stereocenters. The normalized spacial score (nSPS) is 15.2. The third kappa shape index (κ3) is 6.69. The zero-order valence-electron chi connectivity index (χ0n) is 19.8. The average molecular weight is 471 g/mol. The number of carbonyl (C=O) groups excluding carboxylic acids is 3. The van der Waals surface area contributed by atoms with Crippen LogP contribution < -0.4 is 16.0 Å². The summed E-state index contributed by atoms with van der Waals surface area (Å²) in [4.78, 5) is 39.4. The summed E-state index contributed by atoms with van der Waals surface area (Å²) in [5.74, 6) is -0.0388. The van der Waals surface area contributed by atoms with Gasteiger partial charge in [-0.15, -0.1) is 0 Å². The zero-order valence-corrected chi connectivity index (χ0v) is 19.8. The quantitative estimate of drug-likeness (QED) is 0.478. The number of nitrogens with zero attached hydrogens (tertiary/aromatic N) is 1. The number of hydrogen-bond donors (Lipinski definition) is 3. The van der Waals surface area contributed by atoms with Gasteiger partial charge < -0.3 is 20.9 Å². The van der Waals surface area contributed by atoms with Gasteiger partial charge in [0.15, 0.2) is 0 Å². The van der Waals surface area contributed by atoms with Crippen LogP contribution >= 0.6 is 0 Å². The topological polar surface area (TPSA) is 90.5 Å². The van der Waals surface area contributed by atoms with Crippen LogP contribution in [-0.2, 0) is 0 Å². The molecule has 1 aliphatic heterocycles. The molecule has 4 rings (SSSR count). The molecular formula is C28H30N4O3. The van der Waals surface area contributed by atoms with E-state index in [1.807, 2.05) is 54.3 Å². The van der Waals surface area contributed by atoms with Gasteiger partial charge in [-0.1, -0.05) is 35.9 Å². The van der Waals surface area contributed by atoms with Crippen molar-refractivity contribution in [3.8, 4) is 0 Å². The largest absolute Gasteiger partial charge is 0.338 e. The van der Waals surface area contributed by atoms with Crippen LogP contribution in [0.1, 0.15) is 39.1 Å². The van der Waals surface area contributed by atoms with Crippen LogP contribution in [0.5, 0.6) is 0 Å². The molecule has 1 atom stereocenters. The maximum Gasteiger partial charge on any atom is 0.319 e. The first-order valence-electron chi connectivity index (χ1n) is 11.9. The molecular weight excluding hydrogens is 440 g/mol. The first-order valence-corrected chi connectivity index (χ1v) is 11.9. The van der Waals surface area contributed by atoms with E-state index in [1.54, 1.807) is 36.4 Å². The van der Waals surface area contributed by atoms with E-state index in [9.17, 15) is 14.4 Å². The molecule has 3 aromatic carbocycles. The second kappa shape index (κ2) is 11.3. The summed E-state index contributed by atoms with van der Waals surface area (Å²) in [6.07, 6.45) is 1.85. The van der Waals surface area contributed by atoms with Crippen molar-refractivity contribution in [2.45, 2.75) is 19.8 Å². The molecule has 0 bridgehead atoms. The highest BCUT2D eigenvalue weighted by Crippen LogP contribution is 2.20. The van der Waals surface area contributed by atoms with E-state index in [4.69, 9.17) is 0 Å². The number of nitrogens with one attached hydrogen (secondary N) is 3. The second-order valence-electron chi connectivity index (χ2n) is 8.86. The van der Waals surface area contributed by atoms with Crippen LogP contribution in [0.25, 0.3) is 0 Å². The SMILES string of the molecule is Cc1ccc(NC(=O)NCC2CCCN(C(=O)c3ccc(NC(=O)c4ccccc4)cc3)C2)cc1. The Morgan fingerprint density at radius 2 is 1.49 bits per heavy atom. The molecule has 7 heteroatoms. The summed E-state index contributed by atoms with van der Waals surface area (Å²) in [5, 5.41) is 8.61. The van der Waals surface area contributed by atoms with Crippen molar-refractivity contribution in [1.29, 1.82) is 0 Å². The lowest BCUT2D eigenvalue weighted by molar-refractivity contribution is 0.0675. The average Bonchev–Trinajstić information content (AvgIpc) is 2.89. The first kappa shape index (κ1) is 24.0. The van der Waals surface area contributed by atoms with Gasteiger partial charge in [0.2, 0.25) is 0 Å². The van der Waals surface area contributed by atoms with Crippen LogP contribution in [-0.4, -0.2) is 42.4 Å². The van der Waals surface area contributed by atoms with Crippen molar-refractivity contribution in [3.63, 3.8) is 0 Å². The molecule has 3 aromatic rings. The third-order valence-corrected chi connectivity index (χ3v) is 6.09. The molecule has 1 aliphatic rings. The number of hydrogen-bond acceptors (Lipinski definition) is 3. The molecule has 0 saturated carbocycles. The van der Waals surface area contributed by atoms with Crippen LogP contribution in [0.2, 0.25) is 0 Å². The number of anilines is 2. The highest BCUT2D eigenvalue weighted by molar-refractivity contribution is 6.04. The summed E-state index contributed by atoms with van der Waals surface area (Å²) in [6.45, 7) is 3.79. The van der Waals surface area contributed by atoms with Gasteiger partial charge in [-0.3, -0.25) is 9.59 Å². The maximum atomic E-state index is 13.0. The predicted molar refractivity (Wildman–Crippen MR) is 138 cm³/mol. The predicted octanol–water partition coefficient (Wildman–Crippen LogP) is 4.92. The molecule has 0 aliphatic carbocycles. The van der Waals surface area contributed by atoms with Gasteiger partial charge in [0.25, 0.3) is 11.8 Å².